The fraction of sp³-hybridized carbons (Fsp3) is 0.286. The molecule has 1 aromatic rings. The molecule has 1 rings (SSSR count). The number of nitriles is 1. The van der Waals surface area contributed by atoms with Crippen LogP contribution in [0.25, 0.3) is 0 Å². The van der Waals surface area contributed by atoms with Gasteiger partial charge in [0, 0.05) is 12.1 Å². The molecular weight excluding hydrogens is 212 g/mol. The van der Waals surface area contributed by atoms with Gasteiger partial charge < -0.3 is 5.32 Å². The molecule has 0 heterocycles. The summed E-state index contributed by atoms with van der Waals surface area (Å²) in [6.45, 7) is 2.63. The summed E-state index contributed by atoms with van der Waals surface area (Å²) in [5, 5.41) is 11.5. The Labute approximate surface area is 102 Å². The van der Waals surface area contributed by atoms with Crippen molar-refractivity contribution >= 4 is 5.91 Å². The van der Waals surface area contributed by atoms with Crippen molar-refractivity contribution in [3.05, 3.63) is 47.5 Å². The smallest absolute Gasteiger partial charge is 0.251 e. The molecule has 0 fully saturated rings. The van der Waals surface area contributed by atoms with Gasteiger partial charge in [0.2, 0.25) is 0 Å². The van der Waals surface area contributed by atoms with Crippen molar-refractivity contribution in [2.75, 3.05) is 6.54 Å². The number of allylic oxidation sites excluding steroid dienone is 1. The molecule has 3 heteroatoms. The monoisotopic (exact) mass is 228 g/mol. The summed E-state index contributed by atoms with van der Waals surface area (Å²) in [5.74, 6) is -0.150. The van der Waals surface area contributed by atoms with Gasteiger partial charge >= 0.3 is 0 Å². The van der Waals surface area contributed by atoms with E-state index >= 15 is 0 Å². The van der Waals surface area contributed by atoms with Crippen LogP contribution in [0.1, 0.15) is 35.7 Å². The summed E-state index contributed by atoms with van der Waals surface area (Å²) in [7, 11) is 0. The van der Waals surface area contributed by atoms with Crippen LogP contribution in [0, 0.1) is 11.3 Å². The Bertz CT molecular complexity index is 444. The zero-order valence-corrected chi connectivity index (χ0v) is 9.94. The highest BCUT2D eigenvalue weighted by Crippen LogP contribution is 2.03. The van der Waals surface area contributed by atoms with Crippen LogP contribution in [0.2, 0.25) is 0 Å². The van der Waals surface area contributed by atoms with Gasteiger partial charge in [-0.2, -0.15) is 5.26 Å². The van der Waals surface area contributed by atoms with Crippen molar-refractivity contribution in [2.24, 2.45) is 0 Å². The van der Waals surface area contributed by atoms with Crippen LogP contribution in [0.3, 0.4) is 0 Å². The van der Waals surface area contributed by atoms with E-state index in [2.05, 4.69) is 12.2 Å². The Kier molecular flexibility index (Phi) is 5.53. The molecule has 0 aliphatic heterocycles. The van der Waals surface area contributed by atoms with E-state index in [1.54, 1.807) is 24.3 Å². The maximum absolute atomic E-state index is 11.7. The lowest BCUT2D eigenvalue weighted by Gasteiger charge is -2.02. The summed E-state index contributed by atoms with van der Waals surface area (Å²) in [6, 6.07) is 8.69. The van der Waals surface area contributed by atoms with Crippen molar-refractivity contribution in [1.82, 2.24) is 5.32 Å². The Morgan fingerprint density at radius 1 is 1.47 bits per heavy atom. The highest BCUT2D eigenvalue weighted by molar-refractivity contribution is 5.94. The molecule has 1 amide bonds. The SMILES string of the molecule is CCC/C=C/CNC(=O)c1cccc(C#N)c1. The van der Waals surface area contributed by atoms with Gasteiger partial charge in [0.25, 0.3) is 5.91 Å². The number of rotatable bonds is 5. The molecule has 0 saturated carbocycles. The molecule has 0 radical (unpaired) electrons. The molecule has 0 unspecified atom stereocenters. The van der Waals surface area contributed by atoms with E-state index in [0.717, 1.165) is 12.8 Å². The van der Waals surface area contributed by atoms with E-state index in [-0.39, 0.29) is 5.91 Å². The Balaban J connectivity index is 2.50. The fourth-order valence-electron chi connectivity index (χ4n) is 1.35. The molecule has 17 heavy (non-hydrogen) atoms. The Morgan fingerprint density at radius 3 is 3.00 bits per heavy atom. The summed E-state index contributed by atoms with van der Waals surface area (Å²) < 4.78 is 0. The van der Waals surface area contributed by atoms with Crippen molar-refractivity contribution < 1.29 is 4.79 Å². The normalized spacial score (nSPS) is 10.1. The number of hydrogen-bond acceptors (Lipinski definition) is 2. The first kappa shape index (κ1) is 13.0. The number of amides is 1. The van der Waals surface area contributed by atoms with Gasteiger partial charge in [-0.25, -0.2) is 0 Å². The molecule has 1 N–H and O–H groups in total. The van der Waals surface area contributed by atoms with Crippen LogP contribution in [0.4, 0.5) is 0 Å². The van der Waals surface area contributed by atoms with E-state index in [1.807, 2.05) is 18.2 Å². The van der Waals surface area contributed by atoms with Crippen LogP contribution in [0.5, 0.6) is 0 Å². The zero-order chi connectivity index (χ0) is 12.5. The number of unbranched alkanes of at least 4 members (excludes halogenated alkanes) is 1. The van der Waals surface area contributed by atoms with Crippen molar-refractivity contribution in [3.8, 4) is 6.07 Å². The largest absolute Gasteiger partial charge is 0.349 e. The van der Waals surface area contributed by atoms with E-state index in [4.69, 9.17) is 5.26 Å². The summed E-state index contributed by atoms with van der Waals surface area (Å²) in [6.07, 6.45) is 6.12. The summed E-state index contributed by atoms with van der Waals surface area (Å²) in [5.41, 5.74) is 1.02. The molecule has 3 nitrogen and oxygen atoms in total. The zero-order valence-electron chi connectivity index (χ0n) is 9.94. The predicted octanol–water partition coefficient (Wildman–Crippen LogP) is 2.64. The van der Waals surface area contributed by atoms with Gasteiger partial charge in [-0.15, -0.1) is 0 Å². The minimum atomic E-state index is -0.150. The first-order chi connectivity index (χ1) is 8.27. The molecule has 0 spiro atoms. The van der Waals surface area contributed by atoms with Gasteiger partial charge in [0.05, 0.1) is 11.6 Å². The van der Waals surface area contributed by atoms with Crippen LogP contribution in [0.15, 0.2) is 36.4 Å². The minimum Gasteiger partial charge on any atom is -0.349 e. The number of hydrogen-bond donors (Lipinski definition) is 1. The van der Waals surface area contributed by atoms with Gasteiger partial charge in [-0.3, -0.25) is 4.79 Å². The molecule has 0 saturated heterocycles. The number of nitrogens with zero attached hydrogens (tertiary/aromatic N) is 1. The number of carbonyl (C=O) groups is 1. The first-order valence-corrected chi connectivity index (χ1v) is 5.71. The van der Waals surface area contributed by atoms with E-state index in [1.165, 1.54) is 0 Å². The summed E-state index contributed by atoms with van der Waals surface area (Å²) in [4.78, 5) is 11.7. The quantitative estimate of drug-likeness (QED) is 0.788. The van der Waals surface area contributed by atoms with E-state index in [9.17, 15) is 4.79 Å². The third kappa shape index (κ3) is 4.52. The average Bonchev–Trinajstić information content (AvgIpc) is 2.38. The molecule has 0 aliphatic rings. The molecular formula is C14H16N2O. The standard InChI is InChI=1S/C14H16N2O/c1-2-3-4-5-9-16-14(17)13-8-6-7-12(10-13)11-15/h4-8,10H,2-3,9H2,1H3,(H,16,17)/b5-4+. The first-order valence-electron chi connectivity index (χ1n) is 5.71. The predicted molar refractivity (Wildman–Crippen MR) is 67.5 cm³/mol. The third-order valence-corrected chi connectivity index (χ3v) is 2.26. The lowest BCUT2D eigenvalue weighted by Crippen LogP contribution is -2.23. The lowest BCUT2D eigenvalue weighted by atomic mass is 10.1. The highest BCUT2D eigenvalue weighted by Gasteiger charge is 2.03. The van der Waals surface area contributed by atoms with Gasteiger partial charge in [-0.1, -0.05) is 31.6 Å². The van der Waals surface area contributed by atoms with Crippen LogP contribution < -0.4 is 5.32 Å². The van der Waals surface area contributed by atoms with Crippen LogP contribution in [-0.2, 0) is 0 Å². The van der Waals surface area contributed by atoms with Crippen molar-refractivity contribution in [1.29, 1.82) is 5.26 Å². The number of carbonyl (C=O) groups excluding carboxylic acids is 1. The molecule has 0 atom stereocenters. The van der Waals surface area contributed by atoms with E-state index in [0.29, 0.717) is 17.7 Å². The van der Waals surface area contributed by atoms with Gasteiger partial charge in [-0.05, 0) is 24.6 Å². The lowest BCUT2D eigenvalue weighted by molar-refractivity contribution is 0.0958. The van der Waals surface area contributed by atoms with Gasteiger partial charge in [0.15, 0.2) is 0 Å². The van der Waals surface area contributed by atoms with Crippen LogP contribution >= 0.6 is 0 Å². The second kappa shape index (κ2) is 7.24. The second-order valence-electron chi connectivity index (χ2n) is 3.66. The molecule has 0 aliphatic carbocycles. The fourth-order valence-corrected chi connectivity index (χ4v) is 1.35. The second-order valence-corrected chi connectivity index (χ2v) is 3.66. The van der Waals surface area contributed by atoms with Gasteiger partial charge in [0.1, 0.15) is 0 Å². The average molecular weight is 228 g/mol. The van der Waals surface area contributed by atoms with Crippen molar-refractivity contribution in [2.45, 2.75) is 19.8 Å². The maximum atomic E-state index is 11.7. The topological polar surface area (TPSA) is 52.9 Å². The molecule has 1 aromatic carbocycles. The summed E-state index contributed by atoms with van der Waals surface area (Å²) >= 11 is 0. The highest BCUT2D eigenvalue weighted by atomic mass is 16.1. The minimum absolute atomic E-state index is 0.150. The molecule has 0 aromatic heterocycles. The Hall–Kier alpha value is -2.08. The van der Waals surface area contributed by atoms with E-state index < -0.39 is 0 Å². The van der Waals surface area contributed by atoms with Crippen LogP contribution in [-0.4, -0.2) is 12.5 Å². The maximum Gasteiger partial charge on any atom is 0.251 e. The third-order valence-electron chi connectivity index (χ3n) is 2.26. The molecule has 88 valence electrons. The Morgan fingerprint density at radius 2 is 2.29 bits per heavy atom. The number of nitrogens with one attached hydrogen (secondary N) is 1. The molecule has 0 bridgehead atoms. The van der Waals surface area contributed by atoms with Crippen molar-refractivity contribution in [3.63, 3.8) is 0 Å². The number of benzene rings is 1.